The maximum atomic E-state index is 12.4. The molecule has 0 spiro atoms. The third kappa shape index (κ3) is 4.55. The Morgan fingerprint density at radius 2 is 1.77 bits per heavy atom. The number of nitrogens with one attached hydrogen (secondary N) is 1. The monoisotopic (exact) mass is 304 g/mol. The van der Waals surface area contributed by atoms with E-state index in [1.165, 1.54) is 0 Å². The Bertz CT molecular complexity index is 488. The first-order valence-electron chi connectivity index (χ1n) is 8.15. The van der Waals surface area contributed by atoms with Crippen LogP contribution in [0.2, 0.25) is 0 Å². The van der Waals surface area contributed by atoms with Gasteiger partial charge in [0.15, 0.2) is 0 Å². The number of benzene rings is 1. The molecule has 1 aliphatic rings. The molecule has 1 unspecified atom stereocenters. The summed E-state index contributed by atoms with van der Waals surface area (Å²) in [7, 11) is 0. The number of carbonyl (C=O) groups is 1. The van der Waals surface area contributed by atoms with Crippen LogP contribution in [0.3, 0.4) is 0 Å². The molecule has 1 N–H and O–H groups in total. The summed E-state index contributed by atoms with van der Waals surface area (Å²) in [6.07, 6.45) is 0. The van der Waals surface area contributed by atoms with Crippen LogP contribution in [0, 0.1) is 19.8 Å². The minimum Gasteiger partial charge on any atom is -0.379 e. The second-order valence-electron chi connectivity index (χ2n) is 6.55. The fourth-order valence-corrected chi connectivity index (χ4v) is 3.10. The summed E-state index contributed by atoms with van der Waals surface area (Å²) >= 11 is 0. The quantitative estimate of drug-likeness (QED) is 0.908. The van der Waals surface area contributed by atoms with Crippen molar-refractivity contribution in [3.05, 3.63) is 34.9 Å². The minimum atomic E-state index is 0.0192. The van der Waals surface area contributed by atoms with Gasteiger partial charge in [0.2, 0.25) is 0 Å². The Hall–Kier alpha value is -1.39. The summed E-state index contributed by atoms with van der Waals surface area (Å²) in [5.74, 6) is 0.517. The highest BCUT2D eigenvalue weighted by atomic mass is 16.5. The summed E-state index contributed by atoms with van der Waals surface area (Å²) < 4.78 is 5.42. The van der Waals surface area contributed by atoms with Crippen molar-refractivity contribution in [3.63, 3.8) is 0 Å². The molecule has 1 saturated heterocycles. The lowest BCUT2D eigenvalue weighted by molar-refractivity contribution is 0.00672. The Balaban J connectivity index is 1.97. The smallest absolute Gasteiger partial charge is 0.251 e. The lowest BCUT2D eigenvalue weighted by atomic mass is 10.0. The molecule has 0 radical (unpaired) electrons. The van der Waals surface area contributed by atoms with Gasteiger partial charge in [0.05, 0.1) is 13.2 Å². The van der Waals surface area contributed by atoms with Gasteiger partial charge in [-0.15, -0.1) is 0 Å². The van der Waals surface area contributed by atoms with Gasteiger partial charge in [-0.25, -0.2) is 0 Å². The fraction of sp³-hybridized carbons (Fsp3) is 0.611. The average molecular weight is 304 g/mol. The van der Waals surface area contributed by atoms with E-state index in [1.807, 2.05) is 26.0 Å². The highest BCUT2D eigenvalue weighted by molar-refractivity contribution is 5.94. The number of rotatable bonds is 5. The lowest BCUT2D eigenvalue weighted by Crippen LogP contribution is -2.51. The molecule has 0 saturated carbocycles. The minimum absolute atomic E-state index is 0.0192. The molecule has 0 aliphatic carbocycles. The van der Waals surface area contributed by atoms with Gasteiger partial charge >= 0.3 is 0 Å². The number of carbonyl (C=O) groups excluding carboxylic acids is 1. The van der Waals surface area contributed by atoms with E-state index in [4.69, 9.17) is 4.74 Å². The van der Waals surface area contributed by atoms with Gasteiger partial charge in [0, 0.05) is 31.2 Å². The summed E-state index contributed by atoms with van der Waals surface area (Å²) in [4.78, 5) is 14.8. The second-order valence-corrected chi connectivity index (χ2v) is 6.55. The maximum Gasteiger partial charge on any atom is 0.251 e. The summed E-state index contributed by atoms with van der Waals surface area (Å²) in [6, 6.07) is 6.34. The molecule has 1 fully saturated rings. The molecule has 0 bridgehead atoms. The highest BCUT2D eigenvalue weighted by Crippen LogP contribution is 2.13. The fourth-order valence-electron chi connectivity index (χ4n) is 3.10. The van der Waals surface area contributed by atoms with Crippen LogP contribution in [0.1, 0.15) is 35.3 Å². The molecule has 2 rings (SSSR count). The van der Waals surface area contributed by atoms with Crippen LogP contribution in [0.4, 0.5) is 0 Å². The predicted octanol–water partition coefficient (Wildman–Crippen LogP) is 2.39. The number of aryl methyl sites for hydroxylation is 2. The van der Waals surface area contributed by atoms with E-state index in [2.05, 4.69) is 30.1 Å². The zero-order valence-electron chi connectivity index (χ0n) is 14.2. The Kier molecular flexibility index (Phi) is 5.98. The first kappa shape index (κ1) is 17.0. The Morgan fingerprint density at radius 3 is 2.32 bits per heavy atom. The van der Waals surface area contributed by atoms with Gasteiger partial charge in [0.1, 0.15) is 0 Å². The molecule has 1 atom stereocenters. The molecule has 4 nitrogen and oxygen atoms in total. The summed E-state index contributed by atoms with van der Waals surface area (Å²) in [5, 5.41) is 3.11. The largest absolute Gasteiger partial charge is 0.379 e. The Morgan fingerprint density at radius 1 is 1.18 bits per heavy atom. The van der Waals surface area contributed by atoms with Gasteiger partial charge in [-0.1, -0.05) is 31.0 Å². The lowest BCUT2D eigenvalue weighted by Gasteiger charge is -2.36. The summed E-state index contributed by atoms with van der Waals surface area (Å²) in [6.45, 7) is 12.6. The van der Waals surface area contributed by atoms with E-state index < -0.39 is 0 Å². The van der Waals surface area contributed by atoms with Gasteiger partial charge < -0.3 is 10.1 Å². The predicted molar refractivity (Wildman–Crippen MR) is 89.3 cm³/mol. The third-order valence-electron chi connectivity index (χ3n) is 4.24. The second kappa shape index (κ2) is 7.75. The van der Waals surface area contributed by atoms with E-state index in [1.54, 1.807) is 0 Å². The molecule has 4 heteroatoms. The van der Waals surface area contributed by atoms with Gasteiger partial charge in [-0.2, -0.15) is 0 Å². The van der Waals surface area contributed by atoms with Crippen molar-refractivity contribution in [2.75, 3.05) is 32.8 Å². The van der Waals surface area contributed by atoms with Crippen molar-refractivity contribution in [1.29, 1.82) is 0 Å². The standard InChI is InChI=1S/C18H28N2O2/c1-13(2)17(20-5-7-22-8-6-20)12-19-18(21)16-10-14(3)9-15(4)11-16/h9-11,13,17H,5-8,12H2,1-4H3,(H,19,21). The molecule has 22 heavy (non-hydrogen) atoms. The van der Waals surface area contributed by atoms with Crippen molar-refractivity contribution in [1.82, 2.24) is 10.2 Å². The molecule has 1 aliphatic heterocycles. The Labute approximate surface area is 133 Å². The number of hydrogen-bond acceptors (Lipinski definition) is 3. The van der Waals surface area contributed by atoms with Crippen LogP contribution < -0.4 is 5.32 Å². The maximum absolute atomic E-state index is 12.4. The van der Waals surface area contributed by atoms with Crippen molar-refractivity contribution in [2.24, 2.45) is 5.92 Å². The SMILES string of the molecule is Cc1cc(C)cc(C(=O)NCC(C(C)C)N2CCOCC2)c1. The molecular weight excluding hydrogens is 276 g/mol. The average Bonchev–Trinajstić information content (AvgIpc) is 2.47. The van der Waals surface area contributed by atoms with E-state index in [9.17, 15) is 4.79 Å². The number of hydrogen-bond donors (Lipinski definition) is 1. The molecule has 1 aromatic rings. The van der Waals surface area contributed by atoms with Gasteiger partial charge in [-0.05, 0) is 31.9 Å². The van der Waals surface area contributed by atoms with Crippen LogP contribution in [0.25, 0.3) is 0 Å². The van der Waals surface area contributed by atoms with E-state index in [0.29, 0.717) is 18.5 Å². The van der Waals surface area contributed by atoms with Crippen molar-refractivity contribution in [2.45, 2.75) is 33.7 Å². The topological polar surface area (TPSA) is 41.6 Å². The molecule has 1 aromatic carbocycles. The molecule has 122 valence electrons. The van der Waals surface area contributed by atoms with Gasteiger partial charge in [-0.3, -0.25) is 9.69 Å². The zero-order valence-corrected chi connectivity index (χ0v) is 14.2. The zero-order chi connectivity index (χ0) is 16.1. The first-order chi connectivity index (χ1) is 10.5. The number of morpholine rings is 1. The van der Waals surface area contributed by atoms with Gasteiger partial charge in [0.25, 0.3) is 5.91 Å². The van der Waals surface area contributed by atoms with Crippen molar-refractivity contribution in [3.8, 4) is 0 Å². The van der Waals surface area contributed by atoms with E-state index in [0.717, 1.165) is 43.0 Å². The van der Waals surface area contributed by atoms with E-state index in [-0.39, 0.29) is 5.91 Å². The normalized spacial score (nSPS) is 17.5. The molecule has 0 aromatic heterocycles. The van der Waals surface area contributed by atoms with Crippen molar-refractivity contribution < 1.29 is 9.53 Å². The number of amides is 1. The van der Waals surface area contributed by atoms with Crippen LogP contribution in [0.5, 0.6) is 0 Å². The first-order valence-corrected chi connectivity index (χ1v) is 8.15. The van der Waals surface area contributed by atoms with Crippen LogP contribution in [0.15, 0.2) is 18.2 Å². The summed E-state index contributed by atoms with van der Waals surface area (Å²) in [5.41, 5.74) is 3.00. The van der Waals surface area contributed by atoms with Crippen LogP contribution >= 0.6 is 0 Å². The third-order valence-corrected chi connectivity index (χ3v) is 4.24. The van der Waals surface area contributed by atoms with E-state index >= 15 is 0 Å². The number of ether oxygens (including phenoxy) is 1. The number of nitrogens with zero attached hydrogens (tertiary/aromatic N) is 1. The van der Waals surface area contributed by atoms with Crippen LogP contribution in [-0.4, -0.2) is 49.7 Å². The molecule has 1 heterocycles. The highest BCUT2D eigenvalue weighted by Gasteiger charge is 2.24. The van der Waals surface area contributed by atoms with Crippen molar-refractivity contribution >= 4 is 5.91 Å². The molecular formula is C18H28N2O2. The van der Waals surface area contributed by atoms with Crippen LogP contribution in [-0.2, 0) is 4.74 Å². The molecule has 1 amide bonds.